The van der Waals surface area contributed by atoms with Crippen molar-refractivity contribution in [1.29, 1.82) is 0 Å². The summed E-state index contributed by atoms with van der Waals surface area (Å²) in [6.45, 7) is 5.73. The van der Waals surface area contributed by atoms with Crippen LogP contribution in [0.25, 0.3) is 11.6 Å². The SMILES string of the molecule is CCOc1ccc2c(c1)NC(=O)/C2=C/c1ccccc1N1CCOCC1. The van der Waals surface area contributed by atoms with Gasteiger partial charge in [-0.3, -0.25) is 4.79 Å². The van der Waals surface area contributed by atoms with Crippen molar-refractivity contribution in [1.82, 2.24) is 0 Å². The lowest BCUT2D eigenvalue weighted by Crippen LogP contribution is -2.36. The van der Waals surface area contributed by atoms with Crippen molar-refractivity contribution in [2.75, 3.05) is 43.1 Å². The lowest BCUT2D eigenvalue weighted by atomic mass is 10.0. The first-order valence-corrected chi connectivity index (χ1v) is 8.98. The zero-order valence-corrected chi connectivity index (χ0v) is 14.8. The molecule has 4 rings (SSSR count). The molecule has 0 aromatic heterocycles. The van der Waals surface area contributed by atoms with Gasteiger partial charge in [0.25, 0.3) is 5.91 Å². The largest absolute Gasteiger partial charge is 0.494 e. The fourth-order valence-corrected chi connectivity index (χ4v) is 3.43. The predicted octanol–water partition coefficient (Wildman–Crippen LogP) is 3.41. The molecule has 0 saturated carbocycles. The van der Waals surface area contributed by atoms with Crippen LogP contribution in [0.2, 0.25) is 0 Å². The number of para-hydroxylation sites is 1. The number of nitrogens with zero attached hydrogens (tertiary/aromatic N) is 1. The summed E-state index contributed by atoms with van der Waals surface area (Å²) in [5.74, 6) is 0.687. The van der Waals surface area contributed by atoms with E-state index in [0.717, 1.165) is 54.6 Å². The van der Waals surface area contributed by atoms with Gasteiger partial charge in [0, 0.05) is 36.0 Å². The Morgan fingerprint density at radius 2 is 2.00 bits per heavy atom. The third-order valence-electron chi connectivity index (χ3n) is 4.67. The molecule has 2 aromatic carbocycles. The molecule has 1 fully saturated rings. The Bertz CT molecular complexity index is 854. The van der Waals surface area contributed by atoms with Crippen molar-refractivity contribution in [2.24, 2.45) is 0 Å². The number of amides is 1. The molecule has 2 aliphatic heterocycles. The number of morpholine rings is 1. The molecule has 5 heteroatoms. The molecule has 2 aliphatic rings. The zero-order chi connectivity index (χ0) is 17.9. The Labute approximate surface area is 153 Å². The van der Waals surface area contributed by atoms with E-state index < -0.39 is 0 Å². The molecule has 0 spiro atoms. The van der Waals surface area contributed by atoms with E-state index in [0.29, 0.717) is 12.2 Å². The predicted molar refractivity (Wildman–Crippen MR) is 104 cm³/mol. The van der Waals surface area contributed by atoms with E-state index >= 15 is 0 Å². The topological polar surface area (TPSA) is 50.8 Å². The normalized spacial score (nSPS) is 18.0. The van der Waals surface area contributed by atoms with Gasteiger partial charge in [-0.15, -0.1) is 0 Å². The molecule has 5 nitrogen and oxygen atoms in total. The highest BCUT2D eigenvalue weighted by Gasteiger charge is 2.25. The van der Waals surface area contributed by atoms with Gasteiger partial charge in [0.05, 0.1) is 25.5 Å². The third-order valence-corrected chi connectivity index (χ3v) is 4.67. The molecule has 26 heavy (non-hydrogen) atoms. The van der Waals surface area contributed by atoms with E-state index in [1.807, 2.05) is 43.3 Å². The minimum atomic E-state index is -0.0783. The van der Waals surface area contributed by atoms with Crippen LogP contribution in [0, 0.1) is 0 Å². The first kappa shape index (κ1) is 16.7. The van der Waals surface area contributed by atoms with Crippen LogP contribution in [-0.2, 0) is 9.53 Å². The van der Waals surface area contributed by atoms with Gasteiger partial charge in [-0.25, -0.2) is 0 Å². The second-order valence-corrected chi connectivity index (χ2v) is 6.31. The van der Waals surface area contributed by atoms with Gasteiger partial charge in [0.2, 0.25) is 0 Å². The molecule has 2 aromatic rings. The number of carbonyl (C=O) groups excluding carboxylic acids is 1. The first-order chi connectivity index (χ1) is 12.8. The Kier molecular flexibility index (Phi) is 4.63. The minimum Gasteiger partial charge on any atom is -0.494 e. The van der Waals surface area contributed by atoms with Crippen LogP contribution in [0.3, 0.4) is 0 Å². The monoisotopic (exact) mass is 350 g/mol. The van der Waals surface area contributed by atoms with Crippen molar-refractivity contribution < 1.29 is 14.3 Å². The quantitative estimate of drug-likeness (QED) is 0.859. The van der Waals surface area contributed by atoms with Crippen molar-refractivity contribution >= 4 is 28.9 Å². The Morgan fingerprint density at radius 3 is 2.81 bits per heavy atom. The smallest absolute Gasteiger partial charge is 0.256 e. The van der Waals surface area contributed by atoms with Gasteiger partial charge in [0.15, 0.2) is 0 Å². The number of hydrogen-bond acceptors (Lipinski definition) is 4. The molecule has 2 heterocycles. The molecule has 1 saturated heterocycles. The fourth-order valence-electron chi connectivity index (χ4n) is 3.43. The van der Waals surface area contributed by atoms with E-state index in [2.05, 4.69) is 22.3 Å². The van der Waals surface area contributed by atoms with Gasteiger partial charge >= 0.3 is 0 Å². The minimum absolute atomic E-state index is 0.0783. The number of fused-ring (bicyclic) bond motifs is 1. The van der Waals surface area contributed by atoms with Crippen LogP contribution in [0.15, 0.2) is 42.5 Å². The summed E-state index contributed by atoms with van der Waals surface area (Å²) in [6.07, 6.45) is 1.98. The molecule has 0 aliphatic carbocycles. The number of hydrogen-bond donors (Lipinski definition) is 1. The second-order valence-electron chi connectivity index (χ2n) is 6.31. The van der Waals surface area contributed by atoms with E-state index in [9.17, 15) is 4.79 Å². The maximum absolute atomic E-state index is 12.5. The number of rotatable bonds is 4. The van der Waals surface area contributed by atoms with Crippen LogP contribution in [0.1, 0.15) is 18.1 Å². The summed E-state index contributed by atoms with van der Waals surface area (Å²) < 4.78 is 11.0. The van der Waals surface area contributed by atoms with E-state index in [1.54, 1.807) is 0 Å². The highest BCUT2D eigenvalue weighted by atomic mass is 16.5. The summed E-state index contributed by atoms with van der Waals surface area (Å²) in [6, 6.07) is 13.9. The average molecular weight is 350 g/mol. The Balaban J connectivity index is 1.71. The summed E-state index contributed by atoms with van der Waals surface area (Å²) >= 11 is 0. The van der Waals surface area contributed by atoms with Crippen molar-refractivity contribution in [3.63, 3.8) is 0 Å². The highest BCUT2D eigenvalue weighted by Crippen LogP contribution is 2.37. The van der Waals surface area contributed by atoms with E-state index in [4.69, 9.17) is 9.47 Å². The van der Waals surface area contributed by atoms with Gasteiger partial charge in [-0.1, -0.05) is 18.2 Å². The van der Waals surface area contributed by atoms with Crippen LogP contribution >= 0.6 is 0 Å². The van der Waals surface area contributed by atoms with E-state index in [-0.39, 0.29) is 5.91 Å². The lowest BCUT2D eigenvalue weighted by Gasteiger charge is -2.30. The summed E-state index contributed by atoms with van der Waals surface area (Å²) in [7, 11) is 0. The molecule has 0 radical (unpaired) electrons. The summed E-state index contributed by atoms with van der Waals surface area (Å²) in [5.41, 5.74) is 4.58. The van der Waals surface area contributed by atoms with Gasteiger partial charge < -0.3 is 19.7 Å². The van der Waals surface area contributed by atoms with Crippen molar-refractivity contribution in [3.05, 3.63) is 53.6 Å². The average Bonchev–Trinajstić information content (AvgIpc) is 2.98. The summed E-state index contributed by atoms with van der Waals surface area (Å²) in [4.78, 5) is 14.8. The maximum Gasteiger partial charge on any atom is 0.256 e. The standard InChI is InChI=1S/C21H22N2O3/c1-2-26-16-7-8-17-18(21(24)22-19(17)14-16)13-15-5-3-4-6-20(15)23-9-11-25-12-10-23/h3-8,13-14H,2,9-12H2,1H3,(H,22,24)/b18-13+. The van der Waals surface area contributed by atoms with Gasteiger partial charge in [0.1, 0.15) is 5.75 Å². The Morgan fingerprint density at radius 1 is 1.19 bits per heavy atom. The van der Waals surface area contributed by atoms with Crippen molar-refractivity contribution in [2.45, 2.75) is 6.92 Å². The third kappa shape index (κ3) is 3.18. The summed E-state index contributed by atoms with van der Waals surface area (Å²) in [5, 5.41) is 2.94. The molecular formula is C21H22N2O3. The number of nitrogens with one attached hydrogen (secondary N) is 1. The number of ether oxygens (including phenoxy) is 2. The van der Waals surface area contributed by atoms with Crippen LogP contribution in [-0.4, -0.2) is 38.8 Å². The fraction of sp³-hybridized carbons (Fsp3) is 0.286. The molecule has 0 atom stereocenters. The van der Waals surface area contributed by atoms with Crippen molar-refractivity contribution in [3.8, 4) is 5.75 Å². The van der Waals surface area contributed by atoms with Crippen LogP contribution in [0.4, 0.5) is 11.4 Å². The molecule has 1 N–H and O–H groups in total. The zero-order valence-electron chi connectivity index (χ0n) is 14.8. The van der Waals surface area contributed by atoms with Gasteiger partial charge in [-0.05, 0) is 36.8 Å². The van der Waals surface area contributed by atoms with Gasteiger partial charge in [-0.2, -0.15) is 0 Å². The molecule has 1 amide bonds. The number of benzene rings is 2. The second kappa shape index (κ2) is 7.22. The maximum atomic E-state index is 12.5. The molecular weight excluding hydrogens is 328 g/mol. The molecule has 0 unspecified atom stereocenters. The first-order valence-electron chi connectivity index (χ1n) is 8.98. The lowest BCUT2D eigenvalue weighted by molar-refractivity contribution is -0.110. The van der Waals surface area contributed by atoms with Crippen LogP contribution in [0.5, 0.6) is 5.75 Å². The van der Waals surface area contributed by atoms with E-state index in [1.165, 1.54) is 0 Å². The molecule has 134 valence electrons. The molecule has 0 bridgehead atoms. The Hall–Kier alpha value is -2.79. The number of anilines is 2. The number of carbonyl (C=O) groups is 1. The van der Waals surface area contributed by atoms with Crippen LogP contribution < -0.4 is 15.0 Å². The highest BCUT2D eigenvalue weighted by molar-refractivity contribution is 6.35.